The van der Waals surface area contributed by atoms with Gasteiger partial charge in [0, 0.05) is 13.2 Å². The van der Waals surface area contributed by atoms with Gasteiger partial charge in [-0.1, -0.05) is 0 Å². The normalized spacial score (nSPS) is 18.6. The van der Waals surface area contributed by atoms with Gasteiger partial charge in [0.25, 0.3) is 0 Å². The van der Waals surface area contributed by atoms with E-state index >= 15 is 0 Å². The Morgan fingerprint density at radius 1 is 1.52 bits per heavy atom. The van der Waals surface area contributed by atoms with Gasteiger partial charge in [-0.25, -0.2) is 17.9 Å². The van der Waals surface area contributed by atoms with Crippen molar-refractivity contribution in [3.05, 3.63) is 23.8 Å². The number of ether oxygens (including phenoxy) is 2. The van der Waals surface area contributed by atoms with Crippen LogP contribution in [-0.2, 0) is 19.5 Å². The largest absolute Gasteiger partial charge is 0.465 e. The zero-order chi connectivity index (χ0) is 15.5. The van der Waals surface area contributed by atoms with Crippen molar-refractivity contribution in [3.8, 4) is 0 Å². The van der Waals surface area contributed by atoms with Gasteiger partial charge in [-0.15, -0.1) is 0 Å². The molecule has 0 bridgehead atoms. The highest BCUT2D eigenvalue weighted by molar-refractivity contribution is 7.89. The second kappa shape index (κ2) is 6.42. The van der Waals surface area contributed by atoms with Crippen LogP contribution in [0.25, 0.3) is 0 Å². The van der Waals surface area contributed by atoms with Gasteiger partial charge in [0.05, 0.1) is 25.0 Å². The van der Waals surface area contributed by atoms with E-state index in [1.807, 2.05) is 0 Å². The molecule has 1 aromatic rings. The number of nitrogens with one attached hydrogen (secondary N) is 1. The Bertz CT molecular complexity index is 623. The first-order valence-electron chi connectivity index (χ1n) is 6.49. The van der Waals surface area contributed by atoms with Crippen LogP contribution in [-0.4, -0.2) is 41.3 Å². The minimum absolute atomic E-state index is 0.00747. The monoisotopic (exact) mass is 314 g/mol. The van der Waals surface area contributed by atoms with Gasteiger partial charge in [0.2, 0.25) is 10.0 Å². The first-order chi connectivity index (χ1) is 9.94. The molecule has 7 nitrogen and oxygen atoms in total. The molecule has 8 heteroatoms. The van der Waals surface area contributed by atoms with Crippen molar-refractivity contribution < 1.29 is 22.7 Å². The predicted molar refractivity (Wildman–Crippen MR) is 76.3 cm³/mol. The van der Waals surface area contributed by atoms with E-state index in [0.29, 0.717) is 19.8 Å². The van der Waals surface area contributed by atoms with Gasteiger partial charge in [0.1, 0.15) is 4.90 Å². The van der Waals surface area contributed by atoms with Gasteiger partial charge in [-0.2, -0.15) is 0 Å². The van der Waals surface area contributed by atoms with Crippen molar-refractivity contribution in [2.75, 3.05) is 32.6 Å². The Labute approximate surface area is 123 Å². The molecular formula is C13H18N2O5S. The van der Waals surface area contributed by atoms with Crippen LogP contribution in [0, 0.1) is 5.92 Å². The lowest BCUT2D eigenvalue weighted by Gasteiger charge is -2.12. The van der Waals surface area contributed by atoms with Crippen molar-refractivity contribution in [2.45, 2.75) is 11.3 Å². The molecule has 1 aliphatic rings. The average molecular weight is 314 g/mol. The van der Waals surface area contributed by atoms with Crippen LogP contribution < -0.4 is 10.5 Å². The summed E-state index contributed by atoms with van der Waals surface area (Å²) >= 11 is 0. The van der Waals surface area contributed by atoms with Crippen LogP contribution in [0.1, 0.15) is 16.8 Å². The van der Waals surface area contributed by atoms with Crippen molar-refractivity contribution in [3.63, 3.8) is 0 Å². The van der Waals surface area contributed by atoms with E-state index in [1.165, 1.54) is 25.3 Å². The SMILES string of the molecule is COC(=O)c1ccc(S(=O)(=O)NCC2CCOC2)c(N)c1. The smallest absolute Gasteiger partial charge is 0.337 e. The van der Waals surface area contributed by atoms with Crippen LogP contribution in [0.4, 0.5) is 5.69 Å². The lowest BCUT2D eigenvalue weighted by molar-refractivity contribution is 0.0600. The van der Waals surface area contributed by atoms with E-state index in [2.05, 4.69) is 9.46 Å². The maximum Gasteiger partial charge on any atom is 0.337 e. The topological polar surface area (TPSA) is 108 Å². The van der Waals surface area contributed by atoms with Crippen LogP contribution in [0.2, 0.25) is 0 Å². The summed E-state index contributed by atoms with van der Waals surface area (Å²) in [6.07, 6.45) is 0.833. The quantitative estimate of drug-likeness (QED) is 0.600. The Balaban J connectivity index is 2.13. The molecule has 21 heavy (non-hydrogen) atoms. The summed E-state index contributed by atoms with van der Waals surface area (Å²) in [5.74, 6) is -0.392. The van der Waals surface area contributed by atoms with Gasteiger partial charge in [-0.3, -0.25) is 0 Å². The minimum Gasteiger partial charge on any atom is -0.465 e. The number of anilines is 1. The van der Waals surface area contributed by atoms with E-state index < -0.39 is 16.0 Å². The highest BCUT2D eigenvalue weighted by atomic mass is 32.2. The highest BCUT2D eigenvalue weighted by Crippen LogP contribution is 2.21. The minimum atomic E-state index is -3.71. The van der Waals surface area contributed by atoms with Gasteiger partial charge in [-0.05, 0) is 30.5 Å². The fourth-order valence-corrected chi connectivity index (χ4v) is 3.31. The number of rotatable bonds is 5. The molecule has 0 radical (unpaired) electrons. The number of carbonyl (C=O) groups excluding carboxylic acids is 1. The van der Waals surface area contributed by atoms with Crippen molar-refractivity contribution in [1.82, 2.24) is 4.72 Å². The fourth-order valence-electron chi connectivity index (χ4n) is 2.09. The lowest BCUT2D eigenvalue weighted by Crippen LogP contribution is -2.30. The Kier molecular flexibility index (Phi) is 4.81. The molecule has 1 aromatic carbocycles. The third kappa shape index (κ3) is 3.72. The molecule has 1 unspecified atom stereocenters. The molecule has 0 saturated carbocycles. The molecule has 116 valence electrons. The number of hydrogen-bond donors (Lipinski definition) is 2. The third-order valence-electron chi connectivity index (χ3n) is 3.31. The Morgan fingerprint density at radius 3 is 2.86 bits per heavy atom. The van der Waals surface area contributed by atoms with E-state index in [4.69, 9.17) is 10.5 Å². The fraction of sp³-hybridized carbons (Fsp3) is 0.462. The van der Waals surface area contributed by atoms with Gasteiger partial charge in [0.15, 0.2) is 0 Å². The summed E-state index contributed by atoms with van der Waals surface area (Å²) in [5.41, 5.74) is 5.95. The second-order valence-corrected chi connectivity index (χ2v) is 6.56. The molecule has 1 saturated heterocycles. The average Bonchev–Trinajstić information content (AvgIpc) is 2.97. The van der Waals surface area contributed by atoms with Crippen LogP contribution in [0.5, 0.6) is 0 Å². The molecule has 2 rings (SSSR count). The summed E-state index contributed by atoms with van der Waals surface area (Å²) in [5, 5.41) is 0. The maximum atomic E-state index is 12.2. The molecule has 1 fully saturated rings. The van der Waals surface area contributed by atoms with E-state index in [0.717, 1.165) is 6.42 Å². The molecule has 0 aliphatic carbocycles. The summed E-state index contributed by atoms with van der Waals surface area (Å²) in [4.78, 5) is 11.3. The zero-order valence-electron chi connectivity index (χ0n) is 11.7. The summed E-state index contributed by atoms with van der Waals surface area (Å²) in [6.45, 7) is 1.52. The molecule has 0 spiro atoms. The molecular weight excluding hydrogens is 296 g/mol. The maximum absolute atomic E-state index is 12.2. The number of hydrogen-bond acceptors (Lipinski definition) is 6. The molecule has 1 aliphatic heterocycles. The Hall–Kier alpha value is -1.64. The summed E-state index contributed by atoms with van der Waals surface area (Å²) in [7, 11) is -2.47. The van der Waals surface area contributed by atoms with Crippen LogP contribution in [0.3, 0.4) is 0 Å². The standard InChI is InChI=1S/C13H18N2O5S/c1-19-13(16)10-2-3-12(11(14)6-10)21(17,18)15-7-9-4-5-20-8-9/h2-3,6,9,15H,4-5,7-8,14H2,1H3. The third-order valence-corrected chi connectivity index (χ3v) is 4.80. The summed E-state index contributed by atoms with van der Waals surface area (Å²) in [6, 6.07) is 3.96. The number of esters is 1. The van der Waals surface area contributed by atoms with E-state index in [-0.39, 0.29) is 22.1 Å². The van der Waals surface area contributed by atoms with Gasteiger partial charge < -0.3 is 15.2 Å². The number of nitrogens with two attached hydrogens (primary N) is 1. The molecule has 1 atom stereocenters. The van der Waals surface area contributed by atoms with Crippen molar-refractivity contribution in [2.24, 2.45) is 5.92 Å². The highest BCUT2D eigenvalue weighted by Gasteiger charge is 2.22. The number of nitrogen functional groups attached to an aromatic ring is 1. The Morgan fingerprint density at radius 2 is 2.29 bits per heavy atom. The molecule has 1 heterocycles. The number of sulfonamides is 1. The van der Waals surface area contributed by atoms with E-state index in [9.17, 15) is 13.2 Å². The predicted octanol–water partition coefficient (Wildman–Crippen LogP) is 0.370. The number of benzene rings is 1. The van der Waals surface area contributed by atoms with Gasteiger partial charge >= 0.3 is 5.97 Å². The molecule has 0 aromatic heterocycles. The molecule has 3 N–H and O–H groups in total. The summed E-state index contributed by atoms with van der Waals surface area (Å²) < 4.78 is 36.7. The van der Waals surface area contributed by atoms with Crippen LogP contribution >= 0.6 is 0 Å². The second-order valence-electron chi connectivity index (χ2n) is 4.83. The molecule has 0 amide bonds. The number of carbonyl (C=O) groups is 1. The number of methoxy groups -OCH3 is 1. The van der Waals surface area contributed by atoms with Crippen LogP contribution in [0.15, 0.2) is 23.1 Å². The van der Waals surface area contributed by atoms with E-state index in [1.54, 1.807) is 0 Å². The first-order valence-corrected chi connectivity index (χ1v) is 7.97. The lowest BCUT2D eigenvalue weighted by atomic mass is 10.1. The zero-order valence-corrected chi connectivity index (χ0v) is 12.5. The van der Waals surface area contributed by atoms with Crippen molar-refractivity contribution in [1.29, 1.82) is 0 Å². The van der Waals surface area contributed by atoms with Crippen molar-refractivity contribution >= 4 is 21.7 Å². The first kappa shape index (κ1) is 15.7.